The normalized spacial score (nSPS) is 12.0. The molecule has 2 aromatic heterocycles. The van der Waals surface area contributed by atoms with Crippen molar-refractivity contribution in [3.8, 4) is 22.8 Å². The van der Waals surface area contributed by atoms with E-state index < -0.39 is 0 Å². The molecule has 3 aromatic carbocycles. The summed E-state index contributed by atoms with van der Waals surface area (Å²) in [6.07, 6.45) is 1.96. The van der Waals surface area contributed by atoms with Gasteiger partial charge >= 0.3 is 0 Å². The molecular weight excluding hydrogens is 470 g/mol. The Morgan fingerprint density at radius 2 is 1.81 bits per heavy atom. The summed E-state index contributed by atoms with van der Waals surface area (Å²) in [4.78, 5) is 16.2. The topological polar surface area (TPSA) is 84.8 Å². The Morgan fingerprint density at radius 1 is 1.06 bits per heavy atom. The van der Waals surface area contributed by atoms with Crippen LogP contribution in [0.3, 0.4) is 0 Å². The Bertz CT molecular complexity index is 1520. The van der Waals surface area contributed by atoms with Crippen LogP contribution < -0.4 is 10.1 Å². The average molecular weight is 498 g/mol. The molecule has 0 saturated carbocycles. The summed E-state index contributed by atoms with van der Waals surface area (Å²) in [5.41, 5.74) is 5.00. The van der Waals surface area contributed by atoms with Crippen molar-refractivity contribution in [2.45, 2.75) is 25.0 Å². The number of carbonyl (C=O) groups excluding carboxylic acids is 1. The molecule has 0 aliphatic heterocycles. The zero-order valence-corrected chi connectivity index (χ0v) is 21.2. The molecule has 7 nitrogen and oxygen atoms in total. The molecule has 0 aliphatic carbocycles. The predicted molar refractivity (Wildman–Crippen MR) is 144 cm³/mol. The molecule has 2 N–H and O–H groups in total. The number of amides is 1. The third-order valence-electron chi connectivity index (χ3n) is 6.14. The van der Waals surface area contributed by atoms with E-state index in [0.717, 1.165) is 44.9 Å². The SMILES string of the molecule is COc1ccccc1C(C)NC(=O)CSc1nnc(-c2c[nH]c3ccccc23)n1-c1ccccc1C. The lowest BCUT2D eigenvalue weighted by atomic mass is 10.1. The van der Waals surface area contributed by atoms with Crippen molar-refractivity contribution in [3.05, 3.63) is 90.1 Å². The Morgan fingerprint density at radius 3 is 2.64 bits per heavy atom. The zero-order chi connectivity index (χ0) is 25.1. The first-order valence-electron chi connectivity index (χ1n) is 11.7. The van der Waals surface area contributed by atoms with Gasteiger partial charge in [0.2, 0.25) is 5.91 Å². The number of hydrogen-bond acceptors (Lipinski definition) is 5. The Labute approximate surface area is 213 Å². The fourth-order valence-electron chi connectivity index (χ4n) is 4.34. The number of aryl methyl sites for hydroxylation is 1. The lowest BCUT2D eigenvalue weighted by Crippen LogP contribution is -2.28. The summed E-state index contributed by atoms with van der Waals surface area (Å²) in [5.74, 6) is 1.59. The van der Waals surface area contributed by atoms with Gasteiger partial charge in [0.1, 0.15) is 5.75 Å². The molecule has 0 fully saturated rings. The summed E-state index contributed by atoms with van der Waals surface area (Å²) in [5, 5.41) is 13.8. The fourth-order valence-corrected chi connectivity index (χ4v) is 5.10. The number of nitrogens with zero attached hydrogens (tertiary/aromatic N) is 3. The van der Waals surface area contributed by atoms with E-state index in [1.165, 1.54) is 11.8 Å². The van der Waals surface area contributed by atoms with E-state index in [9.17, 15) is 4.79 Å². The first-order chi connectivity index (χ1) is 17.6. The number of aromatic nitrogens is 4. The highest BCUT2D eigenvalue weighted by molar-refractivity contribution is 7.99. The number of benzene rings is 3. The summed E-state index contributed by atoms with van der Waals surface area (Å²) in [6.45, 7) is 4.01. The number of H-pyrrole nitrogens is 1. The van der Waals surface area contributed by atoms with E-state index in [1.807, 2.05) is 78.4 Å². The number of hydrogen-bond donors (Lipinski definition) is 2. The maximum absolute atomic E-state index is 12.9. The van der Waals surface area contributed by atoms with E-state index in [4.69, 9.17) is 4.74 Å². The molecule has 0 radical (unpaired) electrons. The molecule has 36 heavy (non-hydrogen) atoms. The van der Waals surface area contributed by atoms with Gasteiger partial charge in [0.05, 0.1) is 24.6 Å². The first kappa shape index (κ1) is 23.7. The fraction of sp³-hybridized carbons (Fsp3) is 0.179. The van der Waals surface area contributed by atoms with Crippen molar-refractivity contribution >= 4 is 28.6 Å². The molecule has 1 unspecified atom stereocenters. The van der Waals surface area contributed by atoms with Crippen LogP contribution >= 0.6 is 11.8 Å². The van der Waals surface area contributed by atoms with Crippen LogP contribution in [0.2, 0.25) is 0 Å². The van der Waals surface area contributed by atoms with E-state index in [1.54, 1.807) is 7.11 Å². The van der Waals surface area contributed by atoms with Gasteiger partial charge in [-0.15, -0.1) is 10.2 Å². The number of para-hydroxylation sites is 3. The van der Waals surface area contributed by atoms with Gasteiger partial charge < -0.3 is 15.0 Å². The molecule has 182 valence electrons. The predicted octanol–water partition coefficient (Wildman–Crippen LogP) is 5.70. The lowest BCUT2D eigenvalue weighted by Gasteiger charge is -2.17. The van der Waals surface area contributed by atoms with Crippen molar-refractivity contribution in [1.29, 1.82) is 0 Å². The molecule has 2 heterocycles. The average Bonchev–Trinajstić information content (AvgIpc) is 3.51. The van der Waals surface area contributed by atoms with Gasteiger partial charge in [-0.3, -0.25) is 9.36 Å². The van der Waals surface area contributed by atoms with E-state index in [0.29, 0.717) is 5.16 Å². The van der Waals surface area contributed by atoms with Gasteiger partial charge in [0.15, 0.2) is 11.0 Å². The Balaban J connectivity index is 1.43. The largest absolute Gasteiger partial charge is 0.496 e. The van der Waals surface area contributed by atoms with Gasteiger partial charge in [0, 0.05) is 28.2 Å². The van der Waals surface area contributed by atoms with Crippen LogP contribution in [-0.4, -0.2) is 38.5 Å². The minimum Gasteiger partial charge on any atom is -0.496 e. The molecule has 0 bridgehead atoms. The highest BCUT2D eigenvalue weighted by atomic mass is 32.2. The van der Waals surface area contributed by atoms with Crippen molar-refractivity contribution in [2.24, 2.45) is 0 Å². The zero-order valence-electron chi connectivity index (χ0n) is 20.4. The minimum absolute atomic E-state index is 0.0913. The van der Waals surface area contributed by atoms with Crippen molar-refractivity contribution in [3.63, 3.8) is 0 Å². The standard InChI is InChI=1S/C28H27N5O2S/c1-18-10-4-8-14-24(18)33-27(22-16-29-23-13-7-5-12-21(22)23)31-32-28(33)36-17-26(34)30-19(2)20-11-6-9-15-25(20)35-3/h4-16,19,29H,17H2,1-3H3,(H,30,34). The van der Waals surface area contributed by atoms with Crippen LogP contribution in [0.4, 0.5) is 0 Å². The van der Waals surface area contributed by atoms with Crippen LogP contribution in [0.1, 0.15) is 24.1 Å². The Hall–Kier alpha value is -4.04. The second-order valence-corrected chi connectivity index (χ2v) is 9.44. The molecule has 5 rings (SSSR count). The second kappa shape index (κ2) is 10.3. The van der Waals surface area contributed by atoms with Crippen molar-refractivity contribution in [2.75, 3.05) is 12.9 Å². The van der Waals surface area contributed by atoms with Crippen molar-refractivity contribution < 1.29 is 9.53 Å². The van der Waals surface area contributed by atoms with E-state index in [-0.39, 0.29) is 17.7 Å². The molecule has 0 saturated heterocycles. The smallest absolute Gasteiger partial charge is 0.230 e. The monoisotopic (exact) mass is 497 g/mol. The van der Waals surface area contributed by atoms with Crippen LogP contribution in [0.25, 0.3) is 28.0 Å². The summed E-state index contributed by atoms with van der Waals surface area (Å²) in [6, 6.07) is 23.7. The molecule has 0 spiro atoms. The van der Waals surface area contributed by atoms with Crippen LogP contribution in [-0.2, 0) is 4.79 Å². The van der Waals surface area contributed by atoms with E-state index in [2.05, 4.69) is 39.6 Å². The number of methoxy groups -OCH3 is 1. The third-order valence-corrected chi connectivity index (χ3v) is 7.06. The van der Waals surface area contributed by atoms with Crippen molar-refractivity contribution in [1.82, 2.24) is 25.1 Å². The summed E-state index contributed by atoms with van der Waals surface area (Å²) in [7, 11) is 1.63. The van der Waals surface area contributed by atoms with Crippen LogP contribution in [0.15, 0.2) is 84.1 Å². The molecular formula is C28H27N5O2S. The number of ether oxygens (including phenoxy) is 1. The summed E-state index contributed by atoms with van der Waals surface area (Å²) >= 11 is 1.37. The molecule has 1 atom stereocenters. The van der Waals surface area contributed by atoms with Gasteiger partial charge in [-0.1, -0.05) is 66.4 Å². The highest BCUT2D eigenvalue weighted by Gasteiger charge is 2.21. The molecule has 0 aliphatic rings. The second-order valence-electron chi connectivity index (χ2n) is 8.50. The Kier molecular flexibility index (Phi) is 6.77. The number of carbonyl (C=O) groups is 1. The maximum Gasteiger partial charge on any atom is 0.230 e. The van der Waals surface area contributed by atoms with Crippen LogP contribution in [0.5, 0.6) is 5.75 Å². The first-order valence-corrected chi connectivity index (χ1v) is 12.7. The lowest BCUT2D eigenvalue weighted by molar-refractivity contribution is -0.119. The summed E-state index contributed by atoms with van der Waals surface area (Å²) < 4.78 is 7.48. The highest BCUT2D eigenvalue weighted by Crippen LogP contribution is 2.33. The molecule has 5 aromatic rings. The number of rotatable bonds is 8. The number of aromatic amines is 1. The van der Waals surface area contributed by atoms with E-state index >= 15 is 0 Å². The maximum atomic E-state index is 12.9. The van der Waals surface area contributed by atoms with Gasteiger partial charge in [-0.25, -0.2) is 0 Å². The quantitative estimate of drug-likeness (QED) is 0.269. The van der Waals surface area contributed by atoms with Crippen LogP contribution in [0, 0.1) is 6.92 Å². The number of fused-ring (bicyclic) bond motifs is 1. The van der Waals surface area contributed by atoms with Gasteiger partial charge in [-0.05, 0) is 37.6 Å². The molecule has 8 heteroatoms. The number of thioether (sulfide) groups is 1. The molecule has 1 amide bonds. The van der Waals surface area contributed by atoms with Gasteiger partial charge in [-0.2, -0.15) is 0 Å². The minimum atomic E-state index is -0.190. The van der Waals surface area contributed by atoms with Gasteiger partial charge in [0.25, 0.3) is 0 Å². The third kappa shape index (κ3) is 4.59. The number of nitrogens with one attached hydrogen (secondary N) is 2.